The molecule has 0 spiro atoms. The first-order valence-corrected chi connectivity index (χ1v) is 6.53. The maximum absolute atomic E-state index is 6.03. The van der Waals surface area contributed by atoms with E-state index in [-0.39, 0.29) is 5.60 Å². The van der Waals surface area contributed by atoms with Crippen LogP contribution in [0.1, 0.15) is 33.6 Å². The van der Waals surface area contributed by atoms with Gasteiger partial charge < -0.3 is 14.4 Å². The van der Waals surface area contributed by atoms with Crippen LogP contribution in [0.15, 0.2) is 18.2 Å². The highest BCUT2D eigenvalue weighted by Gasteiger charge is 2.27. The third kappa shape index (κ3) is 3.31. The number of ether oxygens (including phenoxy) is 2. The SMILES string of the molecule is CN(C)c1cccc(OC(C)(C)C)c1OC1CC1. The summed E-state index contributed by atoms with van der Waals surface area (Å²) < 4.78 is 12.0. The lowest BCUT2D eigenvalue weighted by Gasteiger charge is -2.26. The van der Waals surface area contributed by atoms with E-state index in [1.54, 1.807) is 0 Å². The van der Waals surface area contributed by atoms with Gasteiger partial charge in [0.1, 0.15) is 5.60 Å². The molecule has 1 saturated carbocycles. The minimum absolute atomic E-state index is 0.216. The number of para-hydroxylation sites is 1. The van der Waals surface area contributed by atoms with Crippen LogP contribution >= 0.6 is 0 Å². The molecular formula is C15H23NO2. The van der Waals surface area contributed by atoms with E-state index in [0.29, 0.717) is 6.10 Å². The minimum atomic E-state index is -0.216. The Morgan fingerprint density at radius 3 is 2.33 bits per heavy atom. The number of benzene rings is 1. The fourth-order valence-corrected chi connectivity index (χ4v) is 1.74. The van der Waals surface area contributed by atoms with Gasteiger partial charge in [0.15, 0.2) is 11.5 Å². The van der Waals surface area contributed by atoms with Crippen LogP contribution in [0, 0.1) is 0 Å². The molecule has 0 amide bonds. The third-order valence-corrected chi connectivity index (χ3v) is 2.66. The lowest BCUT2D eigenvalue weighted by Crippen LogP contribution is -2.24. The molecule has 18 heavy (non-hydrogen) atoms. The highest BCUT2D eigenvalue weighted by atomic mass is 16.5. The number of hydrogen-bond donors (Lipinski definition) is 0. The summed E-state index contributed by atoms with van der Waals surface area (Å²) in [6.45, 7) is 6.16. The monoisotopic (exact) mass is 249 g/mol. The highest BCUT2D eigenvalue weighted by Crippen LogP contribution is 2.41. The Kier molecular flexibility index (Phi) is 3.42. The van der Waals surface area contributed by atoms with E-state index in [2.05, 4.69) is 31.7 Å². The van der Waals surface area contributed by atoms with Crippen molar-refractivity contribution in [2.45, 2.75) is 45.3 Å². The van der Waals surface area contributed by atoms with Crippen LogP contribution in [-0.2, 0) is 0 Å². The Hall–Kier alpha value is -1.38. The third-order valence-electron chi connectivity index (χ3n) is 2.66. The van der Waals surface area contributed by atoms with E-state index in [9.17, 15) is 0 Å². The first-order valence-electron chi connectivity index (χ1n) is 6.53. The molecule has 0 atom stereocenters. The summed E-state index contributed by atoms with van der Waals surface area (Å²) in [5.41, 5.74) is 0.857. The maximum Gasteiger partial charge on any atom is 0.184 e. The molecule has 1 aliphatic carbocycles. The maximum atomic E-state index is 6.03. The quantitative estimate of drug-likeness (QED) is 0.815. The Morgan fingerprint density at radius 1 is 1.17 bits per heavy atom. The van der Waals surface area contributed by atoms with Crippen molar-refractivity contribution in [1.82, 2.24) is 0 Å². The summed E-state index contributed by atoms with van der Waals surface area (Å²) >= 11 is 0. The van der Waals surface area contributed by atoms with E-state index in [0.717, 1.165) is 30.0 Å². The van der Waals surface area contributed by atoms with Crippen molar-refractivity contribution in [3.63, 3.8) is 0 Å². The largest absolute Gasteiger partial charge is 0.484 e. The highest BCUT2D eigenvalue weighted by molar-refractivity contribution is 5.64. The van der Waals surface area contributed by atoms with Crippen LogP contribution in [-0.4, -0.2) is 25.8 Å². The number of anilines is 1. The zero-order valence-corrected chi connectivity index (χ0v) is 12.0. The van der Waals surface area contributed by atoms with Crippen molar-refractivity contribution in [1.29, 1.82) is 0 Å². The van der Waals surface area contributed by atoms with E-state index in [1.165, 1.54) is 0 Å². The zero-order chi connectivity index (χ0) is 13.3. The lowest BCUT2D eigenvalue weighted by molar-refractivity contribution is 0.123. The van der Waals surface area contributed by atoms with Gasteiger partial charge in [-0.15, -0.1) is 0 Å². The molecular weight excluding hydrogens is 226 g/mol. The lowest BCUT2D eigenvalue weighted by atomic mass is 10.2. The van der Waals surface area contributed by atoms with Gasteiger partial charge in [-0.1, -0.05) is 6.07 Å². The molecule has 0 radical (unpaired) electrons. The Balaban J connectivity index is 2.33. The summed E-state index contributed by atoms with van der Waals surface area (Å²) in [6.07, 6.45) is 2.67. The average molecular weight is 249 g/mol. The molecule has 1 aromatic carbocycles. The van der Waals surface area contributed by atoms with Crippen molar-refractivity contribution in [2.75, 3.05) is 19.0 Å². The fourth-order valence-electron chi connectivity index (χ4n) is 1.74. The van der Waals surface area contributed by atoms with Gasteiger partial charge in [-0.3, -0.25) is 0 Å². The van der Waals surface area contributed by atoms with Crippen molar-refractivity contribution in [3.8, 4) is 11.5 Å². The number of hydrogen-bond acceptors (Lipinski definition) is 3. The molecule has 0 N–H and O–H groups in total. The van der Waals surface area contributed by atoms with Crippen LogP contribution in [0.4, 0.5) is 5.69 Å². The average Bonchev–Trinajstić information content (AvgIpc) is 3.01. The Bertz CT molecular complexity index is 417. The fraction of sp³-hybridized carbons (Fsp3) is 0.600. The molecule has 0 saturated heterocycles. The van der Waals surface area contributed by atoms with Gasteiger partial charge in [0.25, 0.3) is 0 Å². The molecule has 0 aliphatic heterocycles. The summed E-state index contributed by atoms with van der Waals surface area (Å²) in [5.74, 6) is 1.71. The van der Waals surface area contributed by atoms with Gasteiger partial charge in [0.2, 0.25) is 0 Å². The Labute approximate surface area is 110 Å². The second kappa shape index (κ2) is 4.71. The topological polar surface area (TPSA) is 21.7 Å². The molecule has 3 nitrogen and oxygen atoms in total. The molecule has 0 bridgehead atoms. The van der Waals surface area contributed by atoms with Crippen molar-refractivity contribution in [2.24, 2.45) is 0 Å². The molecule has 3 heteroatoms. The Morgan fingerprint density at radius 2 is 1.83 bits per heavy atom. The van der Waals surface area contributed by atoms with Gasteiger partial charge in [-0.2, -0.15) is 0 Å². The smallest absolute Gasteiger partial charge is 0.184 e. The molecule has 0 unspecified atom stereocenters. The molecule has 0 aromatic heterocycles. The van der Waals surface area contributed by atoms with Crippen molar-refractivity contribution >= 4 is 5.69 Å². The van der Waals surface area contributed by atoms with Gasteiger partial charge >= 0.3 is 0 Å². The molecule has 1 fully saturated rings. The van der Waals surface area contributed by atoms with E-state index in [4.69, 9.17) is 9.47 Å². The predicted octanol–water partition coefficient (Wildman–Crippen LogP) is 3.47. The first kappa shape index (κ1) is 13.1. The van der Waals surface area contributed by atoms with Crippen molar-refractivity contribution < 1.29 is 9.47 Å². The number of nitrogens with zero attached hydrogens (tertiary/aromatic N) is 1. The molecule has 100 valence electrons. The summed E-state index contributed by atoms with van der Waals surface area (Å²) in [4.78, 5) is 2.06. The van der Waals surface area contributed by atoms with Crippen LogP contribution in [0.25, 0.3) is 0 Å². The predicted molar refractivity (Wildman–Crippen MR) is 74.8 cm³/mol. The van der Waals surface area contributed by atoms with Crippen molar-refractivity contribution in [3.05, 3.63) is 18.2 Å². The molecule has 0 heterocycles. The first-order chi connectivity index (χ1) is 8.37. The second-order valence-corrected chi connectivity index (χ2v) is 6.03. The summed E-state index contributed by atoms with van der Waals surface area (Å²) in [6, 6.07) is 6.05. The molecule has 2 rings (SSSR count). The number of rotatable bonds is 4. The zero-order valence-electron chi connectivity index (χ0n) is 12.0. The summed E-state index contributed by atoms with van der Waals surface area (Å²) in [5, 5.41) is 0. The standard InChI is InChI=1S/C15H23NO2/c1-15(2,3)18-13-8-6-7-12(16(4)5)14(13)17-11-9-10-11/h6-8,11H,9-10H2,1-5H3. The summed E-state index contributed by atoms with van der Waals surface area (Å²) in [7, 11) is 4.05. The normalized spacial score (nSPS) is 15.4. The molecule has 1 aliphatic rings. The van der Waals surface area contributed by atoms with E-state index >= 15 is 0 Å². The van der Waals surface area contributed by atoms with Crippen LogP contribution in [0.5, 0.6) is 11.5 Å². The minimum Gasteiger partial charge on any atom is -0.484 e. The van der Waals surface area contributed by atoms with E-state index < -0.39 is 0 Å². The van der Waals surface area contributed by atoms with Crippen LogP contribution in [0.2, 0.25) is 0 Å². The van der Waals surface area contributed by atoms with Gasteiger partial charge in [0, 0.05) is 14.1 Å². The van der Waals surface area contributed by atoms with Crippen LogP contribution in [0.3, 0.4) is 0 Å². The van der Waals surface area contributed by atoms with E-state index in [1.807, 2.05) is 26.2 Å². The van der Waals surface area contributed by atoms with Crippen LogP contribution < -0.4 is 14.4 Å². The van der Waals surface area contributed by atoms with Gasteiger partial charge in [-0.25, -0.2) is 0 Å². The second-order valence-electron chi connectivity index (χ2n) is 6.03. The van der Waals surface area contributed by atoms with Gasteiger partial charge in [-0.05, 0) is 45.7 Å². The van der Waals surface area contributed by atoms with Gasteiger partial charge in [0.05, 0.1) is 11.8 Å². The molecule has 1 aromatic rings.